The first-order valence-electron chi connectivity index (χ1n) is 0.928. The molecular formula is C2H4CuOS. The summed E-state index contributed by atoms with van der Waals surface area (Å²) in [6.45, 7) is 1.39. The van der Waals surface area contributed by atoms with Gasteiger partial charge in [-0.3, -0.25) is 4.79 Å². The van der Waals surface area contributed by atoms with Gasteiger partial charge in [0.05, 0.1) is 0 Å². The van der Waals surface area contributed by atoms with E-state index in [1.807, 2.05) is 0 Å². The van der Waals surface area contributed by atoms with Crippen molar-refractivity contribution in [2.24, 2.45) is 0 Å². The van der Waals surface area contributed by atoms with E-state index in [0.717, 1.165) is 0 Å². The molecule has 1 radical (unpaired) electrons. The third-order valence-electron chi connectivity index (χ3n) is 0. The maximum atomic E-state index is 9.31. The standard InChI is InChI=1S/C2H4OS.Cu/c1-2(3)4;/h1H3,(H,3,4);. The van der Waals surface area contributed by atoms with Gasteiger partial charge >= 0.3 is 0 Å². The van der Waals surface area contributed by atoms with E-state index in [4.69, 9.17) is 0 Å². The van der Waals surface area contributed by atoms with Gasteiger partial charge in [-0.25, -0.2) is 0 Å². The van der Waals surface area contributed by atoms with E-state index in [-0.39, 0.29) is 22.2 Å². The van der Waals surface area contributed by atoms with Crippen LogP contribution < -0.4 is 0 Å². The molecule has 0 fully saturated rings. The van der Waals surface area contributed by atoms with Gasteiger partial charge in [-0.2, -0.15) is 0 Å². The monoisotopic (exact) mass is 139 g/mol. The van der Waals surface area contributed by atoms with Crippen LogP contribution in [-0.4, -0.2) is 5.12 Å². The molecule has 0 aliphatic rings. The van der Waals surface area contributed by atoms with Crippen LogP contribution in [0.3, 0.4) is 0 Å². The molecule has 0 aliphatic heterocycles. The fourth-order valence-electron chi connectivity index (χ4n) is 0. The van der Waals surface area contributed by atoms with Crippen LogP contribution in [-0.2, 0) is 21.9 Å². The third-order valence-corrected chi connectivity index (χ3v) is 0. The molecular weight excluding hydrogens is 136 g/mol. The first-order valence-corrected chi connectivity index (χ1v) is 1.37. The Labute approximate surface area is 47.0 Å². The fraction of sp³-hybridized carbons (Fsp3) is 0.500. The second-order valence-electron chi connectivity index (χ2n) is 0.519. The first kappa shape index (κ1) is 9.11. The number of carbonyl (C=O) groups excluding carboxylic acids is 1. The molecule has 5 heavy (non-hydrogen) atoms. The first-order chi connectivity index (χ1) is 1.73. The minimum Gasteiger partial charge on any atom is -0.288 e. The van der Waals surface area contributed by atoms with Gasteiger partial charge in [-0.15, -0.1) is 12.6 Å². The zero-order valence-corrected chi connectivity index (χ0v) is 4.49. The second kappa shape index (κ2) is 4.54. The normalized spacial score (nSPS) is 5.20. The summed E-state index contributed by atoms with van der Waals surface area (Å²) in [7, 11) is 0. The van der Waals surface area contributed by atoms with Gasteiger partial charge in [0.15, 0.2) is 5.12 Å². The Kier molecular flexibility index (Phi) is 8.27. The quantitative estimate of drug-likeness (QED) is 0.381. The molecule has 35 valence electrons. The molecule has 0 amide bonds. The topological polar surface area (TPSA) is 17.1 Å². The summed E-state index contributed by atoms with van der Waals surface area (Å²) in [5.41, 5.74) is 0. The summed E-state index contributed by atoms with van der Waals surface area (Å²) in [4.78, 5) is 9.31. The van der Waals surface area contributed by atoms with Crippen molar-refractivity contribution in [3.05, 3.63) is 0 Å². The second-order valence-corrected chi connectivity index (χ2v) is 1.15. The van der Waals surface area contributed by atoms with E-state index >= 15 is 0 Å². The van der Waals surface area contributed by atoms with Crippen LogP contribution >= 0.6 is 12.6 Å². The van der Waals surface area contributed by atoms with Crippen molar-refractivity contribution in [1.29, 1.82) is 0 Å². The molecule has 0 aromatic carbocycles. The Hall–Kier alpha value is 0.539. The van der Waals surface area contributed by atoms with Gasteiger partial charge < -0.3 is 0 Å². The molecule has 0 aliphatic carbocycles. The molecule has 0 saturated carbocycles. The van der Waals surface area contributed by atoms with Gasteiger partial charge in [0.25, 0.3) is 0 Å². The van der Waals surface area contributed by atoms with E-state index in [1.165, 1.54) is 6.92 Å². The number of rotatable bonds is 0. The van der Waals surface area contributed by atoms with Crippen molar-refractivity contribution in [3.8, 4) is 0 Å². The molecule has 0 N–H and O–H groups in total. The molecule has 0 atom stereocenters. The minimum absolute atomic E-state index is 0. The predicted octanol–water partition coefficient (Wildman–Crippen LogP) is 0.460. The summed E-state index contributed by atoms with van der Waals surface area (Å²) in [6.07, 6.45) is 0. The van der Waals surface area contributed by atoms with Crippen LogP contribution in [0.25, 0.3) is 0 Å². The molecule has 0 aromatic heterocycles. The molecule has 0 bridgehead atoms. The van der Waals surface area contributed by atoms with Crippen LogP contribution in [0, 0.1) is 0 Å². The molecule has 0 aromatic rings. The summed E-state index contributed by atoms with van der Waals surface area (Å²) in [5, 5.41) is -0.139. The Morgan fingerprint density at radius 1 is 1.80 bits per heavy atom. The van der Waals surface area contributed by atoms with Crippen molar-refractivity contribution < 1.29 is 21.9 Å². The number of thiol groups is 1. The molecule has 0 rings (SSSR count). The Balaban J connectivity index is 0. The van der Waals surface area contributed by atoms with Crippen LogP contribution in [0.4, 0.5) is 0 Å². The average molecular weight is 140 g/mol. The summed E-state index contributed by atoms with van der Waals surface area (Å²) in [6, 6.07) is 0. The van der Waals surface area contributed by atoms with Gasteiger partial charge in [-0.05, 0) is 0 Å². The summed E-state index contributed by atoms with van der Waals surface area (Å²) < 4.78 is 0. The zero-order valence-electron chi connectivity index (χ0n) is 2.66. The van der Waals surface area contributed by atoms with Crippen LogP contribution in [0.1, 0.15) is 6.92 Å². The molecule has 1 nitrogen and oxygen atoms in total. The predicted molar refractivity (Wildman–Crippen MR) is 19.7 cm³/mol. The van der Waals surface area contributed by atoms with E-state index in [2.05, 4.69) is 12.6 Å². The average Bonchev–Trinajstić information content (AvgIpc) is 0.811. The Bertz CT molecular complexity index is 32.6. The summed E-state index contributed by atoms with van der Waals surface area (Å²) in [5.74, 6) is 0. The van der Waals surface area contributed by atoms with E-state index in [9.17, 15) is 4.79 Å². The number of carbonyl (C=O) groups is 1. The van der Waals surface area contributed by atoms with Crippen LogP contribution in [0.15, 0.2) is 0 Å². The molecule has 0 heterocycles. The van der Waals surface area contributed by atoms with Crippen molar-refractivity contribution in [2.45, 2.75) is 6.92 Å². The van der Waals surface area contributed by atoms with E-state index in [1.54, 1.807) is 0 Å². The van der Waals surface area contributed by atoms with Gasteiger partial charge in [0.1, 0.15) is 0 Å². The van der Waals surface area contributed by atoms with Crippen molar-refractivity contribution in [1.82, 2.24) is 0 Å². The van der Waals surface area contributed by atoms with Gasteiger partial charge in [-0.1, -0.05) is 0 Å². The Morgan fingerprint density at radius 3 is 1.80 bits per heavy atom. The molecule has 3 heteroatoms. The van der Waals surface area contributed by atoms with Gasteiger partial charge in [0.2, 0.25) is 0 Å². The number of hydrogen-bond donors (Lipinski definition) is 1. The van der Waals surface area contributed by atoms with E-state index in [0.29, 0.717) is 0 Å². The molecule has 0 saturated heterocycles. The fourth-order valence-corrected chi connectivity index (χ4v) is 0. The van der Waals surface area contributed by atoms with Crippen LogP contribution in [0.2, 0.25) is 0 Å². The summed E-state index contributed by atoms with van der Waals surface area (Å²) >= 11 is 3.33. The third kappa shape index (κ3) is 101. The van der Waals surface area contributed by atoms with Crippen LogP contribution in [0.5, 0.6) is 0 Å². The van der Waals surface area contributed by atoms with Crippen molar-refractivity contribution >= 4 is 17.7 Å². The van der Waals surface area contributed by atoms with E-state index < -0.39 is 0 Å². The smallest absolute Gasteiger partial charge is 0.182 e. The maximum Gasteiger partial charge on any atom is 0.182 e. The maximum absolute atomic E-state index is 9.31. The van der Waals surface area contributed by atoms with Gasteiger partial charge in [0, 0.05) is 24.0 Å². The van der Waals surface area contributed by atoms with Crippen molar-refractivity contribution in [2.75, 3.05) is 0 Å². The largest absolute Gasteiger partial charge is 0.288 e. The SMILES string of the molecule is CC(=O)S.[Cu]. The zero-order chi connectivity index (χ0) is 3.58. The molecule has 0 spiro atoms. The number of hydrogen-bond acceptors (Lipinski definition) is 1. The molecule has 0 unspecified atom stereocenters. The van der Waals surface area contributed by atoms with Crippen molar-refractivity contribution in [3.63, 3.8) is 0 Å². The minimum atomic E-state index is -0.139. The Morgan fingerprint density at radius 2 is 1.80 bits per heavy atom.